The lowest BCUT2D eigenvalue weighted by molar-refractivity contribution is -0.115. The van der Waals surface area contributed by atoms with Gasteiger partial charge in [-0.2, -0.15) is 0 Å². The fourth-order valence-electron chi connectivity index (χ4n) is 2.26. The Labute approximate surface area is 158 Å². The second-order valence-electron chi connectivity index (χ2n) is 6.06. The van der Waals surface area contributed by atoms with E-state index in [1.54, 1.807) is 14.0 Å². The van der Waals surface area contributed by atoms with Crippen molar-refractivity contribution in [2.75, 3.05) is 23.5 Å². The van der Waals surface area contributed by atoms with Crippen molar-refractivity contribution in [3.63, 3.8) is 0 Å². The number of anilines is 2. The zero-order chi connectivity index (χ0) is 19.1. The maximum Gasteiger partial charge on any atom is 0.237 e. The Bertz CT molecular complexity index is 775. The lowest BCUT2D eigenvalue weighted by atomic mass is 10.2. The predicted molar refractivity (Wildman–Crippen MR) is 108 cm³/mol. The molecule has 0 saturated carbocycles. The fraction of sp³-hybridized carbons (Fsp3) is 0.300. The summed E-state index contributed by atoms with van der Waals surface area (Å²) in [6, 6.07) is 13.2. The van der Waals surface area contributed by atoms with Crippen LogP contribution in [0.15, 0.2) is 42.5 Å². The van der Waals surface area contributed by atoms with Crippen LogP contribution in [0.1, 0.15) is 18.1 Å². The third-order valence-electron chi connectivity index (χ3n) is 3.78. The number of hydrogen-bond acceptors (Lipinski definition) is 4. The van der Waals surface area contributed by atoms with E-state index >= 15 is 0 Å². The molecule has 0 radical (unpaired) electrons. The molecule has 0 aliphatic heterocycles. The van der Waals surface area contributed by atoms with Crippen LogP contribution < -0.4 is 15.4 Å². The molecule has 5 nitrogen and oxygen atoms in total. The van der Waals surface area contributed by atoms with Crippen molar-refractivity contribution in [2.45, 2.75) is 26.0 Å². The van der Waals surface area contributed by atoms with Crippen molar-refractivity contribution in [1.82, 2.24) is 0 Å². The minimum Gasteiger partial charge on any atom is -0.495 e. The molecule has 0 aromatic heterocycles. The van der Waals surface area contributed by atoms with Gasteiger partial charge in [-0.1, -0.05) is 23.8 Å². The molecule has 138 valence electrons. The monoisotopic (exact) mass is 372 g/mol. The SMILES string of the molecule is COc1ccc(C)cc1NC(=O)C(C)SCC(=O)Nc1ccc(C)cc1. The van der Waals surface area contributed by atoms with Gasteiger partial charge >= 0.3 is 0 Å². The van der Waals surface area contributed by atoms with Crippen LogP contribution in [0.2, 0.25) is 0 Å². The maximum atomic E-state index is 12.4. The van der Waals surface area contributed by atoms with Crippen LogP contribution in [-0.4, -0.2) is 29.9 Å². The van der Waals surface area contributed by atoms with Crippen LogP contribution in [0.25, 0.3) is 0 Å². The highest BCUT2D eigenvalue weighted by Gasteiger charge is 2.17. The molecule has 0 fully saturated rings. The minimum absolute atomic E-state index is 0.133. The molecule has 2 N–H and O–H groups in total. The molecule has 26 heavy (non-hydrogen) atoms. The number of rotatable bonds is 7. The van der Waals surface area contributed by atoms with Gasteiger partial charge in [0.05, 0.1) is 23.8 Å². The minimum atomic E-state index is -0.371. The van der Waals surface area contributed by atoms with E-state index in [9.17, 15) is 9.59 Å². The fourth-order valence-corrected chi connectivity index (χ4v) is 2.95. The van der Waals surface area contributed by atoms with Gasteiger partial charge in [0.15, 0.2) is 0 Å². The van der Waals surface area contributed by atoms with Gasteiger partial charge in [0.2, 0.25) is 11.8 Å². The number of amides is 2. The summed E-state index contributed by atoms with van der Waals surface area (Å²) in [7, 11) is 1.56. The number of benzene rings is 2. The molecule has 0 aliphatic carbocycles. The van der Waals surface area contributed by atoms with E-state index in [2.05, 4.69) is 10.6 Å². The molecular formula is C20H24N2O3S. The molecule has 0 bridgehead atoms. The Balaban J connectivity index is 1.86. The zero-order valence-electron chi connectivity index (χ0n) is 15.5. The van der Waals surface area contributed by atoms with Gasteiger partial charge in [0, 0.05) is 5.69 Å². The zero-order valence-corrected chi connectivity index (χ0v) is 16.3. The summed E-state index contributed by atoms with van der Waals surface area (Å²) in [5.41, 5.74) is 3.55. The standard InChI is InChI=1S/C20H24N2O3S/c1-13-5-8-16(9-6-13)21-19(23)12-26-15(3)20(24)22-17-11-14(2)7-10-18(17)25-4/h5-11,15H,12H2,1-4H3,(H,21,23)(H,22,24). The van der Waals surface area contributed by atoms with E-state index in [1.165, 1.54) is 11.8 Å². The Morgan fingerprint density at radius 3 is 2.35 bits per heavy atom. The van der Waals surface area contributed by atoms with Crippen molar-refractivity contribution in [2.24, 2.45) is 0 Å². The van der Waals surface area contributed by atoms with Gasteiger partial charge in [0.1, 0.15) is 5.75 Å². The smallest absolute Gasteiger partial charge is 0.237 e. The summed E-state index contributed by atoms with van der Waals surface area (Å²) >= 11 is 1.29. The Hall–Kier alpha value is -2.47. The molecular weight excluding hydrogens is 348 g/mol. The molecule has 2 amide bonds. The van der Waals surface area contributed by atoms with Crippen LogP contribution in [-0.2, 0) is 9.59 Å². The number of carbonyl (C=O) groups excluding carboxylic acids is 2. The van der Waals surface area contributed by atoms with Crippen LogP contribution in [0, 0.1) is 13.8 Å². The van der Waals surface area contributed by atoms with E-state index in [4.69, 9.17) is 4.74 Å². The second-order valence-corrected chi connectivity index (χ2v) is 7.39. The van der Waals surface area contributed by atoms with Crippen molar-refractivity contribution in [3.8, 4) is 5.75 Å². The van der Waals surface area contributed by atoms with Gasteiger partial charge in [-0.25, -0.2) is 0 Å². The van der Waals surface area contributed by atoms with E-state index < -0.39 is 0 Å². The number of hydrogen-bond donors (Lipinski definition) is 2. The highest BCUT2D eigenvalue weighted by Crippen LogP contribution is 2.26. The Morgan fingerprint density at radius 1 is 1.04 bits per heavy atom. The molecule has 2 rings (SSSR count). The number of nitrogens with one attached hydrogen (secondary N) is 2. The third-order valence-corrected chi connectivity index (χ3v) is 4.92. The molecule has 0 heterocycles. The number of thioether (sulfide) groups is 1. The first-order chi connectivity index (χ1) is 12.4. The molecule has 0 spiro atoms. The van der Waals surface area contributed by atoms with Crippen molar-refractivity contribution in [1.29, 1.82) is 0 Å². The van der Waals surface area contributed by atoms with Gasteiger partial charge < -0.3 is 15.4 Å². The average Bonchev–Trinajstić information content (AvgIpc) is 2.61. The third kappa shape index (κ3) is 5.81. The van der Waals surface area contributed by atoms with Crippen LogP contribution in [0.5, 0.6) is 5.75 Å². The summed E-state index contributed by atoms with van der Waals surface area (Å²) in [5.74, 6) is 0.514. The van der Waals surface area contributed by atoms with Gasteiger partial charge in [0.25, 0.3) is 0 Å². The lowest BCUT2D eigenvalue weighted by Gasteiger charge is -2.15. The highest BCUT2D eigenvalue weighted by molar-refractivity contribution is 8.01. The van der Waals surface area contributed by atoms with Gasteiger partial charge in [-0.3, -0.25) is 9.59 Å². The summed E-state index contributed by atoms with van der Waals surface area (Å²) < 4.78 is 5.27. The van der Waals surface area contributed by atoms with E-state index in [-0.39, 0.29) is 22.8 Å². The van der Waals surface area contributed by atoms with Gasteiger partial charge in [-0.15, -0.1) is 11.8 Å². The molecule has 2 aromatic carbocycles. The lowest BCUT2D eigenvalue weighted by Crippen LogP contribution is -2.25. The topological polar surface area (TPSA) is 67.4 Å². The van der Waals surface area contributed by atoms with E-state index in [0.717, 1.165) is 16.8 Å². The average molecular weight is 372 g/mol. The summed E-state index contributed by atoms with van der Waals surface area (Å²) in [6.45, 7) is 5.72. The number of carbonyl (C=O) groups is 2. The molecule has 0 saturated heterocycles. The normalized spacial score (nSPS) is 11.5. The quantitative estimate of drug-likeness (QED) is 0.771. The highest BCUT2D eigenvalue weighted by atomic mass is 32.2. The summed E-state index contributed by atoms with van der Waals surface area (Å²) in [6.07, 6.45) is 0. The largest absolute Gasteiger partial charge is 0.495 e. The maximum absolute atomic E-state index is 12.4. The number of aryl methyl sites for hydroxylation is 2. The van der Waals surface area contributed by atoms with E-state index in [0.29, 0.717) is 11.4 Å². The molecule has 1 unspecified atom stereocenters. The first-order valence-electron chi connectivity index (χ1n) is 8.32. The van der Waals surface area contributed by atoms with Crippen LogP contribution in [0.3, 0.4) is 0 Å². The first-order valence-corrected chi connectivity index (χ1v) is 9.37. The molecule has 1 atom stereocenters. The summed E-state index contributed by atoms with van der Waals surface area (Å²) in [5, 5.41) is 5.32. The first kappa shape index (κ1) is 19.8. The van der Waals surface area contributed by atoms with Crippen molar-refractivity contribution >= 4 is 35.0 Å². The summed E-state index contributed by atoms with van der Waals surface area (Å²) in [4.78, 5) is 24.4. The molecule has 6 heteroatoms. The van der Waals surface area contributed by atoms with Crippen LogP contribution in [0.4, 0.5) is 11.4 Å². The Kier molecular flexibility index (Phi) is 7.09. The van der Waals surface area contributed by atoms with Crippen LogP contribution >= 0.6 is 11.8 Å². The predicted octanol–water partition coefficient (Wildman–Crippen LogP) is 4.01. The number of methoxy groups -OCH3 is 1. The Morgan fingerprint density at radius 2 is 1.69 bits per heavy atom. The second kappa shape index (κ2) is 9.29. The molecule has 0 aliphatic rings. The van der Waals surface area contributed by atoms with Gasteiger partial charge in [-0.05, 0) is 50.6 Å². The van der Waals surface area contributed by atoms with Crippen molar-refractivity contribution < 1.29 is 14.3 Å². The van der Waals surface area contributed by atoms with Crippen molar-refractivity contribution in [3.05, 3.63) is 53.6 Å². The molecule has 2 aromatic rings. The number of ether oxygens (including phenoxy) is 1. The van der Waals surface area contributed by atoms with E-state index in [1.807, 2.05) is 56.3 Å².